The van der Waals surface area contributed by atoms with E-state index < -0.39 is 0 Å². The summed E-state index contributed by atoms with van der Waals surface area (Å²) in [7, 11) is 0. The highest BCUT2D eigenvalue weighted by molar-refractivity contribution is 9.10. The number of nitrogens with one attached hydrogen (secondary N) is 1. The van der Waals surface area contributed by atoms with Crippen molar-refractivity contribution < 1.29 is 4.79 Å². The molecule has 1 atom stereocenters. The average Bonchev–Trinajstić information content (AvgIpc) is 2.29. The Bertz CT molecular complexity index is 395. The standard InChI is InChI=1S/C13H17BrClNO/c1-3-4-5-9(2)16-13(17)11-8-10(14)6-7-12(11)15/h6-9H,3-5H2,1-2H3,(H,16,17). The lowest BCUT2D eigenvalue weighted by Crippen LogP contribution is -2.32. The predicted octanol–water partition coefficient (Wildman–Crippen LogP) is 4.41. The summed E-state index contributed by atoms with van der Waals surface area (Å²) in [5, 5.41) is 3.43. The van der Waals surface area contributed by atoms with Crippen LogP contribution in [0.15, 0.2) is 22.7 Å². The van der Waals surface area contributed by atoms with Crippen molar-refractivity contribution in [2.24, 2.45) is 0 Å². The fourth-order valence-corrected chi connectivity index (χ4v) is 2.12. The second-order valence-corrected chi connectivity index (χ2v) is 5.46. The van der Waals surface area contributed by atoms with Crippen LogP contribution in [-0.4, -0.2) is 11.9 Å². The fourth-order valence-electron chi connectivity index (χ4n) is 1.56. The quantitative estimate of drug-likeness (QED) is 0.856. The molecular weight excluding hydrogens is 302 g/mol. The molecule has 1 unspecified atom stereocenters. The molecule has 1 rings (SSSR count). The summed E-state index contributed by atoms with van der Waals surface area (Å²) in [5.41, 5.74) is 0.518. The zero-order valence-electron chi connectivity index (χ0n) is 10.1. The van der Waals surface area contributed by atoms with E-state index in [4.69, 9.17) is 11.6 Å². The minimum Gasteiger partial charge on any atom is -0.350 e. The molecule has 0 aliphatic carbocycles. The van der Waals surface area contributed by atoms with Gasteiger partial charge in [0.2, 0.25) is 0 Å². The molecule has 0 spiro atoms. The van der Waals surface area contributed by atoms with E-state index in [1.807, 2.05) is 13.0 Å². The Hall–Kier alpha value is -0.540. The number of carbonyl (C=O) groups is 1. The van der Waals surface area contributed by atoms with Gasteiger partial charge < -0.3 is 5.32 Å². The van der Waals surface area contributed by atoms with Crippen molar-refractivity contribution in [3.05, 3.63) is 33.3 Å². The lowest BCUT2D eigenvalue weighted by Gasteiger charge is -2.14. The van der Waals surface area contributed by atoms with Gasteiger partial charge in [-0.3, -0.25) is 4.79 Å². The van der Waals surface area contributed by atoms with Gasteiger partial charge in [0.1, 0.15) is 0 Å². The highest BCUT2D eigenvalue weighted by atomic mass is 79.9. The van der Waals surface area contributed by atoms with Gasteiger partial charge in [-0.1, -0.05) is 47.3 Å². The number of amides is 1. The SMILES string of the molecule is CCCCC(C)NC(=O)c1cc(Br)ccc1Cl. The average molecular weight is 319 g/mol. The van der Waals surface area contributed by atoms with Crippen LogP contribution in [0, 0.1) is 0 Å². The first-order valence-electron chi connectivity index (χ1n) is 5.80. The summed E-state index contributed by atoms with van der Waals surface area (Å²) >= 11 is 9.33. The van der Waals surface area contributed by atoms with Crippen LogP contribution in [0.25, 0.3) is 0 Å². The van der Waals surface area contributed by atoms with Crippen LogP contribution in [0.3, 0.4) is 0 Å². The second kappa shape index (κ2) is 7.02. The Morgan fingerprint density at radius 3 is 2.88 bits per heavy atom. The molecule has 0 heterocycles. The minimum absolute atomic E-state index is 0.111. The lowest BCUT2D eigenvalue weighted by molar-refractivity contribution is 0.0938. The van der Waals surface area contributed by atoms with E-state index in [-0.39, 0.29) is 11.9 Å². The first-order chi connectivity index (χ1) is 8.04. The zero-order chi connectivity index (χ0) is 12.8. The monoisotopic (exact) mass is 317 g/mol. The number of carbonyl (C=O) groups excluding carboxylic acids is 1. The van der Waals surface area contributed by atoms with E-state index in [1.54, 1.807) is 12.1 Å². The predicted molar refractivity (Wildman–Crippen MR) is 75.6 cm³/mol. The van der Waals surface area contributed by atoms with Gasteiger partial charge in [-0.25, -0.2) is 0 Å². The smallest absolute Gasteiger partial charge is 0.253 e. The Kier molecular flexibility index (Phi) is 6.00. The van der Waals surface area contributed by atoms with Crippen molar-refractivity contribution in [1.29, 1.82) is 0 Å². The van der Waals surface area contributed by atoms with Crippen LogP contribution >= 0.6 is 27.5 Å². The molecule has 2 nitrogen and oxygen atoms in total. The van der Waals surface area contributed by atoms with Crippen molar-refractivity contribution in [3.8, 4) is 0 Å². The number of hydrogen-bond donors (Lipinski definition) is 1. The molecule has 0 bridgehead atoms. The van der Waals surface area contributed by atoms with E-state index in [0.29, 0.717) is 10.6 Å². The van der Waals surface area contributed by atoms with Crippen LogP contribution < -0.4 is 5.32 Å². The molecule has 0 radical (unpaired) electrons. The first kappa shape index (κ1) is 14.5. The van der Waals surface area contributed by atoms with Gasteiger partial charge in [-0.15, -0.1) is 0 Å². The normalized spacial score (nSPS) is 12.2. The minimum atomic E-state index is -0.111. The summed E-state index contributed by atoms with van der Waals surface area (Å²) in [4.78, 5) is 12.0. The zero-order valence-corrected chi connectivity index (χ0v) is 12.4. The number of halogens is 2. The van der Waals surface area contributed by atoms with Gasteiger partial charge >= 0.3 is 0 Å². The molecule has 1 aromatic rings. The summed E-state index contributed by atoms with van der Waals surface area (Å²) < 4.78 is 0.855. The topological polar surface area (TPSA) is 29.1 Å². The molecule has 0 fully saturated rings. The molecule has 1 N–H and O–H groups in total. The highest BCUT2D eigenvalue weighted by Crippen LogP contribution is 2.21. The van der Waals surface area contributed by atoms with Crippen LogP contribution in [0.1, 0.15) is 43.5 Å². The Morgan fingerprint density at radius 1 is 1.53 bits per heavy atom. The largest absolute Gasteiger partial charge is 0.350 e. The molecular formula is C13H17BrClNO. The van der Waals surface area contributed by atoms with Crippen LogP contribution in [0.5, 0.6) is 0 Å². The van der Waals surface area contributed by atoms with Gasteiger partial charge in [0, 0.05) is 10.5 Å². The molecule has 17 heavy (non-hydrogen) atoms. The molecule has 0 aliphatic heterocycles. The molecule has 1 aromatic carbocycles. The van der Waals surface area contributed by atoms with Crippen molar-refractivity contribution in [1.82, 2.24) is 5.32 Å². The number of rotatable bonds is 5. The van der Waals surface area contributed by atoms with Crippen molar-refractivity contribution >= 4 is 33.4 Å². The summed E-state index contributed by atoms with van der Waals surface area (Å²) in [6.45, 7) is 4.15. The van der Waals surface area contributed by atoms with E-state index >= 15 is 0 Å². The van der Waals surface area contributed by atoms with E-state index in [9.17, 15) is 4.79 Å². The summed E-state index contributed by atoms with van der Waals surface area (Å²) in [6, 6.07) is 5.46. The van der Waals surface area contributed by atoms with Crippen molar-refractivity contribution in [2.75, 3.05) is 0 Å². The summed E-state index contributed by atoms with van der Waals surface area (Å²) in [5.74, 6) is -0.111. The number of unbranched alkanes of at least 4 members (excludes halogenated alkanes) is 1. The molecule has 0 aliphatic rings. The maximum Gasteiger partial charge on any atom is 0.253 e. The van der Waals surface area contributed by atoms with Crippen molar-refractivity contribution in [2.45, 2.75) is 39.2 Å². The molecule has 0 saturated heterocycles. The Balaban J connectivity index is 2.66. The van der Waals surface area contributed by atoms with Crippen LogP contribution in [0.4, 0.5) is 0 Å². The molecule has 1 amide bonds. The van der Waals surface area contributed by atoms with E-state index in [0.717, 1.165) is 23.7 Å². The van der Waals surface area contributed by atoms with Crippen LogP contribution in [-0.2, 0) is 0 Å². The second-order valence-electron chi connectivity index (χ2n) is 4.14. The Morgan fingerprint density at radius 2 is 2.24 bits per heavy atom. The van der Waals surface area contributed by atoms with Gasteiger partial charge in [0.25, 0.3) is 5.91 Å². The molecule has 0 saturated carbocycles. The third-order valence-corrected chi connectivity index (χ3v) is 3.36. The van der Waals surface area contributed by atoms with Crippen molar-refractivity contribution in [3.63, 3.8) is 0 Å². The number of hydrogen-bond acceptors (Lipinski definition) is 1. The lowest BCUT2D eigenvalue weighted by atomic mass is 10.1. The van der Waals surface area contributed by atoms with Gasteiger partial charge in [-0.05, 0) is 31.5 Å². The maximum absolute atomic E-state index is 12.0. The molecule has 94 valence electrons. The molecule has 0 aromatic heterocycles. The molecule has 4 heteroatoms. The van der Waals surface area contributed by atoms with E-state index in [1.165, 1.54) is 0 Å². The maximum atomic E-state index is 12.0. The fraction of sp³-hybridized carbons (Fsp3) is 0.462. The van der Waals surface area contributed by atoms with E-state index in [2.05, 4.69) is 28.2 Å². The van der Waals surface area contributed by atoms with Gasteiger partial charge in [0.15, 0.2) is 0 Å². The third kappa shape index (κ3) is 4.68. The van der Waals surface area contributed by atoms with Gasteiger partial charge in [0.05, 0.1) is 10.6 Å². The first-order valence-corrected chi connectivity index (χ1v) is 6.97. The third-order valence-electron chi connectivity index (χ3n) is 2.54. The van der Waals surface area contributed by atoms with Crippen LogP contribution in [0.2, 0.25) is 5.02 Å². The van der Waals surface area contributed by atoms with Gasteiger partial charge in [-0.2, -0.15) is 0 Å². The Labute approximate surface area is 116 Å². The highest BCUT2D eigenvalue weighted by Gasteiger charge is 2.13. The summed E-state index contributed by atoms with van der Waals surface area (Å²) in [6.07, 6.45) is 3.25. The number of benzene rings is 1.